The molecule has 2 rings (SSSR count). The van der Waals surface area contributed by atoms with Crippen LogP contribution < -0.4 is 10.9 Å². The van der Waals surface area contributed by atoms with Gasteiger partial charge in [0.1, 0.15) is 10.3 Å². The number of benzene rings is 1. The number of halogens is 2. The average molecular weight is 354 g/mol. The maximum atomic E-state index is 13.8. The summed E-state index contributed by atoms with van der Waals surface area (Å²) in [6.07, 6.45) is 2.41. The van der Waals surface area contributed by atoms with Gasteiger partial charge in [0.25, 0.3) is 5.56 Å². The van der Waals surface area contributed by atoms with Crippen LogP contribution in [-0.4, -0.2) is 9.78 Å². The number of nitrogens with zero attached hydrogens (tertiary/aromatic N) is 2. The summed E-state index contributed by atoms with van der Waals surface area (Å²) in [5.74, 6) is -0.277. The molecule has 2 aromatic rings. The van der Waals surface area contributed by atoms with E-state index < -0.39 is 0 Å². The van der Waals surface area contributed by atoms with E-state index in [1.54, 1.807) is 24.4 Å². The second kappa shape index (κ2) is 6.85. The molecule has 1 aromatic heterocycles. The molecule has 1 unspecified atom stereocenters. The van der Waals surface area contributed by atoms with Crippen LogP contribution in [0.3, 0.4) is 0 Å². The zero-order valence-corrected chi connectivity index (χ0v) is 13.5. The third-order valence-electron chi connectivity index (χ3n) is 3.16. The molecule has 0 aliphatic carbocycles. The standard InChI is InChI=1S/C15H17BrFN3O/c1-3-8-20-15(21)14(16)13(9-18-20)19-10(2)11-6-4-5-7-12(11)17/h4-7,9-10,19H,3,8H2,1-2H3. The minimum Gasteiger partial charge on any atom is -0.376 e. The normalized spacial score (nSPS) is 12.2. The van der Waals surface area contributed by atoms with Crippen LogP contribution in [0.15, 0.2) is 39.7 Å². The van der Waals surface area contributed by atoms with Gasteiger partial charge in [-0.05, 0) is 35.3 Å². The van der Waals surface area contributed by atoms with Gasteiger partial charge in [0.15, 0.2) is 0 Å². The Kier molecular flexibility index (Phi) is 5.12. The van der Waals surface area contributed by atoms with Gasteiger partial charge in [-0.1, -0.05) is 25.1 Å². The van der Waals surface area contributed by atoms with Crippen LogP contribution >= 0.6 is 15.9 Å². The van der Waals surface area contributed by atoms with Crippen molar-refractivity contribution in [2.24, 2.45) is 0 Å². The largest absolute Gasteiger partial charge is 0.376 e. The van der Waals surface area contributed by atoms with E-state index in [0.717, 1.165) is 6.42 Å². The quantitative estimate of drug-likeness (QED) is 0.890. The molecule has 112 valence electrons. The molecule has 6 heteroatoms. The highest BCUT2D eigenvalue weighted by atomic mass is 79.9. The lowest BCUT2D eigenvalue weighted by Crippen LogP contribution is -2.24. The molecule has 0 radical (unpaired) electrons. The number of anilines is 1. The van der Waals surface area contributed by atoms with Crippen molar-refractivity contribution in [1.82, 2.24) is 9.78 Å². The molecule has 1 aromatic carbocycles. The van der Waals surface area contributed by atoms with Gasteiger partial charge in [-0.2, -0.15) is 5.10 Å². The molecule has 1 N–H and O–H groups in total. The fourth-order valence-corrected chi connectivity index (χ4v) is 2.50. The Bertz CT molecular complexity index is 687. The maximum Gasteiger partial charge on any atom is 0.283 e. The van der Waals surface area contributed by atoms with Gasteiger partial charge in [-0.3, -0.25) is 4.79 Å². The minimum absolute atomic E-state index is 0.192. The molecule has 0 amide bonds. The third kappa shape index (κ3) is 3.50. The zero-order valence-electron chi connectivity index (χ0n) is 11.9. The molecular weight excluding hydrogens is 337 g/mol. The summed E-state index contributed by atoms with van der Waals surface area (Å²) in [6.45, 7) is 4.39. The van der Waals surface area contributed by atoms with Crippen molar-refractivity contribution < 1.29 is 4.39 Å². The highest BCUT2D eigenvalue weighted by molar-refractivity contribution is 9.10. The van der Waals surface area contributed by atoms with Crippen molar-refractivity contribution in [3.05, 3.63) is 56.7 Å². The molecule has 0 aliphatic rings. The fourth-order valence-electron chi connectivity index (χ4n) is 2.07. The van der Waals surface area contributed by atoms with Crippen molar-refractivity contribution >= 4 is 21.6 Å². The lowest BCUT2D eigenvalue weighted by atomic mass is 10.1. The molecule has 0 bridgehead atoms. The van der Waals surface area contributed by atoms with Crippen molar-refractivity contribution in [1.29, 1.82) is 0 Å². The first-order valence-electron chi connectivity index (χ1n) is 6.81. The van der Waals surface area contributed by atoms with E-state index in [4.69, 9.17) is 0 Å². The molecule has 4 nitrogen and oxygen atoms in total. The minimum atomic E-state index is -0.277. The molecule has 0 saturated carbocycles. The summed E-state index contributed by atoms with van der Waals surface area (Å²) in [7, 11) is 0. The van der Waals surface area contributed by atoms with Gasteiger partial charge >= 0.3 is 0 Å². The van der Waals surface area contributed by atoms with Crippen LogP contribution in [0.25, 0.3) is 0 Å². The first kappa shape index (κ1) is 15.7. The van der Waals surface area contributed by atoms with Crippen LogP contribution in [0.2, 0.25) is 0 Å². The Labute approximate surface area is 131 Å². The van der Waals surface area contributed by atoms with E-state index in [-0.39, 0.29) is 17.4 Å². The predicted molar refractivity (Wildman–Crippen MR) is 84.9 cm³/mol. The van der Waals surface area contributed by atoms with E-state index in [9.17, 15) is 9.18 Å². The second-order valence-corrected chi connectivity index (χ2v) is 5.58. The highest BCUT2D eigenvalue weighted by Gasteiger charge is 2.14. The Morgan fingerprint density at radius 2 is 2.14 bits per heavy atom. The van der Waals surface area contributed by atoms with Crippen molar-refractivity contribution in [2.75, 3.05) is 5.32 Å². The number of aryl methyl sites for hydroxylation is 1. The second-order valence-electron chi connectivity index (χ2n) is 4.79. The summed E-state index contributed by atoms with van der Waals surface area (Å²) < 4.78 is 15.6. The molecule has 0 aliphatic heterocycles. The highest BCUT2D eigenvalue weighted by Crippen LogP contribution is 2.24. The Morgan fingerprint density at radius 1 is 1.43 bits per heavy atom. The van der Waals surface area contributed by atoms with Crippen LogP contribution in [-0.2, 0) is 6.54 Å². The molecule has 0 fully saturated rings. The molecule has 21 heavy (non-hydrogen) atoms. The first-order valence-corrected chi connectivity index (χ1v) is 7.60. The molecular formula is C15H17BrFN3O. The smallest absolute Gasteiger partial charge is 0.283 e. The fraction of sp³-hybridized carbons (Fsp3) is 0.333. The number of nitrogens with one attached hydrogen (secondary N) is 1. The van der Waals surface area contributed by atoms with E-state index in [1.165, 1.54) is 10.7 Å². The van der Waals surface area contributed by atoms with E-state index in [1.807, 2.05) is 13.8 Å². The number of hydrogen-bond acceptors (Lipinski definition) is 3. The first-order chi connectivity index (χ1) is 10.0. The molecule has 1 atom stereocenters. The number of rotatable bonds is 5. The Hall–Kier alpha value is -1.69. The summed E-state index contributed by atoms with van der Waals surface area (Å²) in [5, 5.41) is 7.23. The van der Waals surface area contributed by atoms with Crippen molar-refractivity contribution in [2.45, 2.75) is 32.9 Å². The van der Waals surface area contributed by atoms with Gasteiger partial charge in [0.05, 0.1) is 17.9 Å². The molecule has 0 spiro atoms. The van der Waals surface area contributed by atoms with Gasteiger partial charge in [0, 0.05) is 12.1 Å². The van der Waals surface area contributed by atoms with Crippen LogP contribution in [0, 0.1) is 5.82 Å². The summed E-state index contributed by atoms with van der Waals surface area (Å²) in [6, 6.07) is 6.29. The summed E-state index contributed by atoms with van der Waals surface area (Å²) in [5.41, 5.74) is 0.910. The zero-order chi connectivity index (χ0) is 15.4. The van der Waals surface area contributed by atoms with E-state index in [2.05, 4.69) is 26.3 Å². The maximum absolute atomic E-state index is 13.8. The van der Waals surface area contributed by atoms with E-state index in [0.29, 0.717) is 22.3 Å². The van der Waals surface area contributed by atoms with Crippen LogP contribution in [0.1, 0.15) is 31.9 Å². The number of aromatic nitrogens is 2. The van der Waals surface area contributed by atoms with Gasteiger partial charge in [-0.25, -0.2) is 9.07 Å². The van der Waals surface area contributed by atoms with Crippen LogP contribution in [0.5, 0.6) is 0 Å². The van der Waals surface area contributed by atoms with E-state index >= 15 is 0 Å². The van der Waals surface area contributed by atoms with Crippen LogP contribution in [0.4, 0.5) is 10.1 Å². The summed E-state index contributed by atoms with van der Waals surface area (Å²) in [4.78, 5) is 12.1. The van der Waals surface area contributed by atoms with Gasteiger partial charge < -0.3 is 5.32 Å². The Balaban J connectivity index is 2.26. The molecule has 1 heterocycles. The third-order valence-corrected chi connectivity index (χ3v) is 3.93. The monoisotopic (exact) mass is 353 g/mol. The average Bonchev–Trinajstić information content (AvgIpc) is 2.47. The lowest BCUT2D eigenvalue weighted by Gasteiger charge is -2.17. The van der Waals surface area contributed by atoms with Gasteiger partial charge in [0.2, 0.25) is 0 Å². The Morgan fingerprint density at radius 3 is 2.81 bits per heavy atom. The SMILES string of the molecule is CCCn1ncc(NC(C)c2ccccc2F)c(Br)c1=O. The summed E-state index contributed by atoms with van der Waals surface area (Å²) >= 11 is 3.29. The topological polar surface area (TPSA) is 46.9 Å². The van der Waals surface area contributed by atoms with Gasteiger partial charge in [-0.15, -0.1) is 0 Å². The van der Waals surface area contributed by atoms with Crippen molar-refractivity contribution in [3.8, 4) is 0 Å². The number of hydrogen-bond donors (Lipinski definition) is 1. The predicted octanol–water partition coefficient (Wildman–Crippen LogP) is 3.73. The molecule has 0 saturated heterocycles. The lowest BCUT2D eigenvalue weighted by molar-refractivity contribution is 0.565. The van der Waals surface area contributed by atoms with Crippen molar-refractivity contribution in [3.63, 3.8) is 0 Å².